The largest absolute Gasteiger partial charge is 0.340 e. The van der Waals surface area contributed by atoms with Crippen LogP contribution in [-0.2, 0) is 14.6 Å². The quantitative estimate of drug-likeness (QED) is 0.807. The van der Waals surface area contributed by atoms with E-state index in [1.54, 1.807) is 11.8 Å². The lowest BCUT2D eigenvalue weighted by molar-refractivity contribution is -0.130. The second kappa shape index (κ2) is 6.13. The van der Waals surface area contributed by atoms with Crippen LogP contribution in [0.5, 0.6) is 0 Å². The maximum Gasteiger partial charge on any atom is 0.237 e. The van der Waals surface area contributed by atoms with Gasteiger partial charge in [-0.05, 0) is 26.7 Å². The van der Waals surface area contributed by atoms with Gasteiger partial charge in [0.05, 0.1) is 6.04 Å². The fourth-order valence-corrected chi connectivity index (χ4v) is 3.41. The molecule has 0 aromatic carbocycles. The number of aryl methyl sites for hydroxylation is 2. The number of rotatable bonds is 4. The van der Waals surface area contributed by atoms with Crippen LogP contribution in [0.1, 0.15) is 37.5 Å². The highest BCUT2D eigenvalue weighted by Crippen LogP contribution is 2.22. The molecule has 1 atom stereocenters. The summed E-state index contributed by atoms with van der Waals surface area (Å²) < 4.78 is 25.0. The topological polar surface area (TPSA) is 85.2 Å². The number of hydrogen-bond donors (Lipinski definition) is 0. The van der Waals surface area contributed by atoms with Crippen molar-refractivity contribution in [3.8, 4) is 0 Å². The highest BCUT2D eigenvalue weighted by molar-refractivity contribution is 7.92. The van der Waals surface area contributed by atoms with Crippen molar-refractivity contribution >= 4 is 15.7 Å². The lowest BCUT2D eigenvalue weighted by Crippen LogP contribution is -2.43. The number of amides is 1. The summed E-state index contributed by atoms with van der Waals surface area (Å²) in [5.41, 5.74) is 0. The molecular formula is C13H22N4O3S. The van der Waals surface area contributed by atoms with Gasteiger partial charge in [0.15, 0.2) is 9.84 Å². The second-order valence-electron chi connectivity index (χ2n) is 5.46. The highest BCUT2D eigenvalue weighted by atomic mass is 32.2. The minimum Gasteiger partial charge on any atom is -0.340 e. The van der Waals surface area contributed by atoms with Crippen molar-refractivity contribution < 1.29 is 13.2 Å². The molecule has 118 valence electrons. The zero-order chi connectivity index (χ0) is 15.6. The standard InChI is InChI=1S/C13H22N4O3S/c1-4-21(19,20)9-13(18)16-7-5-6-12(8-16)17-11(3)14-10(2)15-17/h12H,4-9H2,1-3H3. The zero-order valence-electron chi connectivity index (χ0n) is 12.7. The molecule has 21 heavy (non-hydrogen) atoms. The molecule has 1 unspecified atom stereocenters. The third-order valence-electron chi connectivity index (χ3n) is 3.79. The Hall–Kier alpha value is -1.44. The zero-order valence-corrected chi connectivity index (χ0v) is 13.6. The van der Waals surface area contributed by atoms with E-state index in [-0.39, 0.29) is 17.7 Å². The van der Waals surface area contributed by atoms with Crippen LogP contribution in [0, 0.1) is 13.8 Å². The minimum absolute atomic E-state index is 0.00259. The molecule has 1 fully saturated rings. The molecule has 0 spiro atoms. The average molecular weight is 314 g/mol. The molecular weight excluding hydrogens is 292 g/mol. The molecule has 0 saturated carbocycles. The van der Waals surface area contributed by atoms with Crippen LogP contribution in [0.15, 0.2) is 0 Å². The summed E-state index contributed by atoms with van der Waals surface area (Å²) in [6.07, 6.45) is 1.77. The molecule has 0 N–H and O–H groups in total. The number of carbonyl (C=O) groups excluding carboxylic acids is 1. The molecule has 1 aliphatic rings. The number of likely N-dealkylation sites (tertiary alicyclic amines) is 1. The van der Waals surface area contributed by atoms with Crippen LogP contribution in [0.2, 0.25) is 0 Å². The first-order chi connectivity index (χ1) is 9.82. The van der Waals surface area contributed by atoms with Crippen molar-refractivity contribution in [3.63, 3.8) is 0 Å². The lowest BCUT2D eigenvalue weighted by atomic mass is 10.1. The molecule has 7 nitrogen and oxygen atoms in total. The van der Waals surface area contributed by atoms with Crippen LogP contribution in [0.25, 0.3) is 0 Å². The van der Waals surface area contributed by atoms with E-state index >= 15 is 0 Å². The number of aromatic nitrogens is 3. The van der Waals surface area contributed by atoms with Gasteiger partial charge < -0.3 is 4.90 Å². The van der Waals surface area contributed by atoms with Crippen molar-refractivity contribution in [1.29, 1.82) is 0 Å². The van der Waals surface area contributed by atoms with Gasteiger partial charge in [-0.3, -0.25) is 4.79 Å². The van der Waals surface area contributed by atoms with Gasteiger partial charge in [-0.2, -0.15) is 5.10 Å². The maximum absolute atomic E-state index is 12.1. The Balaban J connectivity index is 2.07. The Kier molecular flexibility index (Phi) is 4.65. The summed E-state index contributed by atoms with van der Waals surface area (Å²) in [7, 11) is -3.28. The molecule has 1 amide bonds. The van der Waals surface area contributed by atoms with E-state index in [1.807, 2.05) is 18.5 Å². The Morgan fingerprint density at radius 1 is 1.38 bits per heavy atom. The van der Waals surface area contributed by atoms with Crippen molar-refractivity contribution in [3.05, 3.63) is 11.6 Å². The van der Waals surface area contributed by atoms with E-state index < -0.39 is 15.6 Å². The molecule has 0 aliphatic carbocycles. The summed E-state index contributed by atoms with van der Waals surface area (Å²) in [5.74, 6) is 0.830. The van der Waals surface area contributed by atoms with Crippen LogP contribution in [0.3, 0.4) is 0 Å². The van der Waals surface area contributed by atoms with Crippen LogP contribution >= 0.6 is 0 Å². The Labute approximate surface area is 125 Å². The molecule has 0 bridgehead atoms. The molecule has 2 heterocycles. The van der Waals surface area contributed by atoms with E-state index in [1.165, 1.54) is 0 Å². The number of hydrogen-bond acceptors (Lipinski definition) is 5. The van der Waals surface area contributed by atoms with Crippen molar-refractivity contribution in [2.45, 2.75) is 39.7 Å². The van der Waals surface area contributed by atoms with Crippen LogP contribution < -0.4 is 0 Å². The Morgan fingerprint density at radius 2 is 2.10 bits per heavy atom. The number of piperidine rings is 1. The summed E-state index contributed by atoms with van der Waals surface area (Å²) in [6, 6.07) is 0.0771. The number of nitrogens with zero attached hydrogens (tertiary/aromatic N) is 4. The van der Waals surface area contributed by atoms with E-state index in [0.29, 0.717) is 18.9 Å². The summed E-state index contributed by atoms with van der Waals surface area (Å²) >= 11 is 0. The number of sulfone groups is 1. The molecule has 1 saturated heterocycles. The van der Waals surface area contributed by atoms with Gasteiger partial charge in [-0.15, -0.1) is 0 Å². The monoisotopic (exact) mass is 314 g/mol. The number of carbonyl (C=O) groups is 1. The van der Waals surface area contributed by atoms with Crippen LogP contribution in [-0.4, -0.2) is 58.6 Å². The maximum atomic E-state index is 12.1. The van der Waals surface area contributed by atoms with Gasteiger partial charge in [-0.25, -0.2) is 18.1 Å². The molecule has 1 aromatic heterocycles. The first-order valence-electron chi connectivity index (χ1n) is 7.20. The van der Waals surface area contributed by atoms with Gasteiger partial charge in [0, 0.05) is 18.8 Å². The van der Waals surface area contributed by atoms with Gasteiger partial charge in [0.1, 0.15) is 17.4 Å². The summed E-state index contributed by atoms with van der Waals surface area (Å²) in [6.45, 7) is 6.40. The predicted molar refractivity (Wildman–Crippen MR) is 78.7 cm³/mol. The van der Waals surface area contributed by atoms with Gasteiger partial charge in [-0.1, -0.05) is 6.92 Å². The average Bonchev–Trinajstić information content (AvgIpc) is 2.77. The smallest absolute Gasteiger partial charge is 0.237 e. The van der Waals surface area contributed by atoms with Gasteiger partial charge in [0.25, 0.3) is 0 Å². The highest BCUT2D eigenvalue weighted by Gasteiger charge is 2.28. The molecule has 1 aromatic rings. The van der Waals surface area contributed by atoms with Gasteiger partial charge in [0.2, 0.25) is 5.91 Å². The SMILES string of the molecule is CCS(=O)(=O)CC(=O)N1CCCC(n2nc(C)nc2C)C1. The van der Waals surface area contributed by atoms with Crippen molar-refractivity contribution in [1.82, 2.24) is 19.7 Å². The molecule has 2 rings (SSSR count). The van der Waals surface area contributed by atoms with E-state index in [9.17, 15) is 13.2 Å². The normalized spacial score (nSPS) is 19.8. The van der Waals surface area contributed by atoms with Crippen molar-refractivity contribution in [2.75, 3.05) is 24.6 Å². The van der Waals surface area contributed by atoms with Crippen molar-refractivity contribution in [2.24, 2.45) is 0 Å². The van der Waals surface area contributed by atoms with E-state index in [4.69, 9.17) is 0 Å². The summed E-state index contributed by atoms with van der Waals surface area (Å²) in [5, 5.41) is 4.37. The summed E-state index contributed by atoms with van der Waals surface area (Å²) in [4.78, 5) is 18.1. The third-order valence-corrected chi connectivity index (χ3v) is 5.35. The predicted octanol–water partition coefficient (Wildman–Crippen LogP) is 0.493. The van der Waals surface area contributed by atoms with E-state index in [0.717, 1.165) is 18.7 Å². The Bertz CT molecular complexity index is 623. The molecule has 8 heteroatoms. The molecule has 0 radical (unpaired) electrons. The first-order valence-corrected chi connectivity index (χ1v) is 9.02. The second-order valence-corrected chi connectivity index (χ2v) is 7.82. The Morgan fingerprint density at radius 3 is 2.67 bits per heavy atom. The minimum atomic E-state index is -3.28. The third kappa shape index (κ3) is 3.81. The molecule has 1 aliphatic heterocycles. The fraction of sp³-hybridized carbons (Fsp3) is 0.769. The first kappa shape index (κ1) is 15.9. The van der Waals surface area contributed by atoms with E-state index in [2.05, 4.69) is 10.1 Å². The van der Waals surface area contributed by atoms with Gasteiger partial charge >= 0.3 is 0 Å². The van der Waals surface area contributed by atoms with Crippen LogP contribution in [0.4, 0.5) is 0 Å². The lowest BCUT2D eigenvalue weighted by Gasteiger charge is -2.33. The fourth-order valence-electron chi connectivity index (χ4n) is 2.64.